The number of pyridine rings is 1. The molecule has 0 atom stereocenters. The molecule has 0 saturated carbocycles. The normalized spacial score (nSPS) is 9.46. The molecule has 1 aromatic heterocycles. The summed E-state index contributed by atoms with van der Waals surface area (Å²) < 4.78 is 1.66. The molecule has 74 valence electrons. The van der Waals surface area contributed by atoms with Crippen molar-refractivity contribution < 1.29 is 0 Å². The number of nitrogens with two attached hydrogens (primary N) is 1. The van der Waals surface area contributed by atoms with Gasteiger partial charge in [0.05, 0.1) is 0 Å². The highest BCUT2D eigenvalue weighted by atomic mass is 35.5. The molecule has 0 aliphatic carbocycles. The van der Waals surface area contributed by atoms with E-state index >= 15 is 0 Å². The fourth-order valence-corrected chi connectivity index (χ4v) is 1.21. The predicted octanol–water partition coefficient (Wildman–Crippen LogP) is 1.06. The van der Waals surface area contributed by atoms with E-state index in [-0.39, 0.29) is 18.0 Å². The summed E-state index contributed by atoms with van der Waals surface area (Å²) in [4.78, 5) is 11.5. The first-order valence-corrected chi connectivity index (χ1v) is 4.09. The van der Waals surface area contributed by atoms with E-state index in [4.69, 9.17) is 5.73 Å². The summed E-state index contributed by atoms with van der Waals surface area (Å²) in [5, 5.41) is 0. The lowest BCUT2D eigenvalue weighted by atomic mass is 10.1. The van der Waals surface area contributed by atoms with Crippen molar-refractivity contribution >= 4 is 12.4 Å². The van der Waals surface area contributed by atoms with Crippen LogP contribution < -0.4 is 11.3 Å². The van der Waals surface area contributed by atoms with Crippen LogP contribution >= 0.6 is 12.4 Å². The van der Waals surface area contributed by atoms with Crippen LogP contribution in [0.25, 0.3) is 0 Å². The second-order valence-electron chi connectivity index (χ2n) is 2.77. The molecule has 0 aliphatic heterocycles. The molecule has 0 fully saturated rings. The fourth-order valence-electron chi connectivity index (χ4n) is 1.21. The number of rotatable bonds is 2. The van der Waals surface area contributed by atoms with Gasteiger partial charge in [-0.15, -0.1) is 12.4 Å². The summed E-state index contributed by atoms with van der Waals surface area (Å²) >= 11 is 0. The van der Waals surface area contributed by atoms with Crippen molar-refractivity contribution in [1.82, 2.24) is 4.57 Å². The molecular formula is C9H15ClN2O. The van der Waals surface area contributed by atoms with Crippen molar-refractivity contribution in [3.05, 3.63) is 33.7 Å². The number of hydrogen-bond acceptors (Lipinski definition) is 2. The minimum absolute atomic E-state index is 0. The molecule has 0 bridgehead atoms. The van der Waals surface area contributed by atoms with Gasteiger partial charge < -0.3 is 10.3 Å². The quantitative estimate of drug-likeness (QED) is 0.780. The molecule has 1 rings (SSSR count). The van der Waals surface area contributed by atoms with Gasteiger partial charge in [0, 0.05) is 24.8 Å². The van der Waals surface area contributed by atoms with E-state index in [9.17, 15) is 4.79 Å². The molecule has 0 radical (unpaired) electrons. The van der Waals surface area contributed by atoms with E-state index in [1.165, 1.54) is 0 Å². The van der Waals surface area contributed by atoms with Crippen molar-refractivity contribution in [3.63, 3.8) is 0 Å². The molecular weight excluding hydrogens is 188 g/mol. The molecule has 0 saturated heterocycles. The second-order valence-corrected chi connectivity index (χ2v) is 2.77. The number of halogens is 1. The van der Waals surface area contributed by atoms with Gasteiger partial charge in [-0.2, -0.15) is 0 Å². The Bertz CT molecular complexity index is 333. The molecule has 0 aromatic carbocycles. The summed E-state index contributed by atoms with van der Waals surface area (Å²) in [7, 11) is 0. The largest absolute Gasteiger partial charge is 0.326 e. The lowest BCUT2D eigenvalue weighted by Gasteiger charge is -2.06. The Hall–Kier alpha value is -0.800. The monoisotopic (exact) mass is 202 g/mol. The zero-order valence-corrected chi connectivity index (χ0v) is 8.73. The molecule has 0 spiro atoms. The summed E-state index contributed by atoms with van der Waals surface area (Å²) in [5.74, 6) is 0. The van der Waals surface area contributed by atoms with Crippen molar-refractivity contribution in [2.75, 3.05) is 0 Å². The van der Waals surface area contributed by atoms with Gasteiger partial charge in [0.1, 0.15) is 0 Å². The highest BCUT2D eigenvalue weighted by Gasteiger charge is 2.02. The van der Waals surface area contributed by atoms with E-state index in [0.717, 1.165) is 11.1 Å². The highest BCUT2D eigenvalue weighted by molar-refractivity contribution is 5.85. The van der Waals surface area contributed by atoms with Crippen LogP contribution in [0.2, 0.25) is 0 Å². The van der Waals surface area contributed by atoms with E-state index in [0.29, 0.717) is 13.1 Å². The van der Waals surface area contributed by atoms with Crippen LogP contribution in [0.1, 0.15) is 18.1 Å². The molecule has 2 N–H and O–H groups in total. The van der Waals surface area contributed by atoms with Crippen molar-refractivity contribution in [1.29, 1.82) is 0 Å². The Kier molecular flexibility index (Phi) is 4.73. The zero-order chi connectivity index (χ0) is 9.14. The fraction of sp³-hybridized carbons (Fsp3) is 0.444. The third-order valence-corrected chi connectivity index (χ3v) is 2.04. The van der Waals surface area contributed by atoms with Gasteiger partial charge >= 0.3 is 0 Å². The van der Waals surface area contributed by atoms with Gasteiger partial charge in [0.25, 0.3) is 5.56 Å². The van der Waals surface area contributed by atoms with Crippen LogP contribution in [-0.4, -0.2) is 4.57 Å². The molecule has 0 unspecified atom stereocenters. The minimum atomic E-state index is 0. The summed E-state index contributed by atoms with van der Waals surface area (Å²) in [6.45, 7) is 4.87. The minimum Gasteiger partial charge on any atom is -0.326 e. The smallest absolute Gasteiger partial charge is 0.255 e. The Labute approximate surface area is 84.0 Å². The van der Waals surface area contributed by atoms with Gasteiger partial charge in [-0.05, 0) is 25.5 Å². The SMILES string of the molecule is CCn1ccc(C)c(CN)c1=O.Cl. The average molecular weight is 203 g/mol. The maximum absolute atomic E-state index is 11.5. The van der Waals surface area contributed by atoms with Gasteiger partial charge in [-0.1, -0.05) is 0 Å². The molecule has 3 nitrogen and oxygen atoms in total. The van der Waals surface area contributed by atoms with E-state index in [2.05, 4.69) is 0 Å². The van der Waals surface area contributed by atoms with E-state index in [1.54, 1.807) is 10.8 Å². The molecule has 0 aliphatic rings. The first-order valence-electron chi connectivity index (χ1n) is 4.09. The van der Waals surface area contributed by atoms with Crippen LogP contribution in [0.15, 0.2) is 17.1 Å². The topological polar surface area (TPSA) is 48.0 Å². The Balaban J connectivity index is 0.00000144. The van der Waals surface area contributed by atoms with E-state index in [1.807, 2.05) is 19.9 Å². The van der Waals surface area contributed by atoms with Crippen LogP contribution in [0, 0.1) is 6.92 Å². The maximum Gasteiger partial charge on any atom is 0.255 e. The number of aromatic nitrogens is 1. The molecule has 1 heterocycles. The van der Waals surface area contributed by atoms with E-state index < -0.39 is 0 Å². The van der Waals surface area contributed by atoms with Crippen molar-refractivity contribution in [2.24, 2.45) is 5.73 Å². The molecule has 1 aromatic rings. The first-order chi connectivity index (χ1) is 5.70. The highest BCUT2D eigenvalue weighted by Crippen LogP contribution is 1.99. The molecule has 13 heavy (non-hydrogen) atoms. The first kappa shape index (κ1) is 12.2. The van der Waals surface area contributed by atoms with Gasteiger partial charge in [-0.3, -0.25) is 4.79 Å². The third kappa shape index (κ3) is 2.32. The number of hydrogen-bond donors (Lipinski definition) is 1. The van der Waals surface area contributed by atoms with Crippen LogP contribution in [0.5, 0.6) is 0 Å². The zero-order valence-electron chi connectivity index (χ0n) is 7.91. The third-order valence-electron chi connectivity index (χ3n) is 2.04. The summed E-state index contributed by atoms with van der Waals surface area (Å²) in [6.07, 6.45) is 1.80. The molecule has 4 heteroatoms. The Morgan fingerprint density at radius 1 is 1.54 bits per heavy atom. The summed E-state index contributed by atoms with van der Waals surface area (Å²) in [6, 6.07) is 1.92. The van der Waals surface area contributed by atoms with Crippen LogP contribution in [0.4, 0.5) is 0 Å². The Morgan fingerprint density at radius 2 is 2.15 bits per heavy atom. The van der Waals surface area contributed by atoms with Crippen molar-refractivity contribution in [3.8, 4) is 0 Å². The molecule has 0 amide bonds. The summed E-state index contributed by atoms with van der Waals surface area (Å²) in [5.41, 5.74) is 7.20. The lowest BCUT2D eigenvalue weighted by Crippen LogP contribution is -2.25. The van der Waals surface area contributed by atoms with Gasteiger partial charge in [-0.25, -0.2) is 0 Å². The standard InChI is InChI=1S/C9H14N2O.ClH/c1-3-11-5-4-7(2)8(6-10)9(11)12;/h4-5H,3,6,10H2,1-2H3;1H. The van der Waals surface area contributed by atoms with Gasteiger partial charge in [0.15, 0.2) is 0 Å². The lowest BCUT2D eigenvalue weighted by molar-refractivity contribution is 0.711. The predicted molar refractivity (Wildman–Crippen MR) is 56.3 cm³/mol. The van der Waals surface area contributed by atoms with Crippen molar-refractivity contribution in [2.45, 2.75) is 26.9 Å². The second kappa shape index (κ2) is 5.04. The average Bonchev–Trinajstić information content (AvgIpc) is 2.06. The number of nitrogens with zero attached hydrogens (tertiary/aromatic N) is 1. The van der Waals surface area contributed by atoms with Gasteiger partial charge in [0.2, 0.25) is 0 Å². The van der Waals surface area contributed by atoms with Crippen LogP contribution in [0.3, 0.4) is 0 Å². The number of aryl methyl sites for hydroxylation is 2. The van der Waals surface area contributed by atoms with Crippen LogP contribution in [-0.2, 0) is 13.1 Å². The Morgan fingerprint density at radius 3 is 2.62 bits per heavy atom. The maximum atomic E-state index is 11.5.